The van der Waals surface area contributed by atoms with E-state index >= 15 is 0 Å². The second-order valence-corrected chi connectivity index (χ2v) is 8.15. The monoisotopic (exact) mass is 350 g/mol. The summed E-state index contributed by atoms with van der Waals surface area (Å²) in [5.41, 5.74) is 1.81. The number of rotatable bonds is 4. The summed E-state index contributed by atoms with van der Waals surface area (Å²) >= 11 is 0. The summed E-state index contributed by atoms with van der Waals surface area (Å²) < 4.78 is 0. The third-order valence-corrected chi connectivity index (χ3v) is 6.62. The van der Waals surface area contributed by atoms with Crippen LogP contribution in [0, 0.1) is 42.4 Å². The first-order valence-corrected chi connectivity index (χ1v) is 9.44. The average Bonchev–Trinajstić information content (AvgIpc) is 3.39. The number of amides is 3. The second-order valence-electron chi connectivity index (χ2n) is 8.15. The lowest BCUT2D eigenvalue weighted by Gasteiger charge is -2.37. The van der Waals surface area contributed by atoms with Crippen LogP contribution in [0.15, 0.2) is 36.4 Å². The molecule has 2 bridgehead atoms. The van der Waals surface area contributed by atoms with Crippen molar-refractivity contribution in [2.45, 2.75) is 19.8 Å². The molecule has 1 aliphatic heterocycles. The van der Waals surface area contributed by atoms with E-state index in [1.54, 1.807) is 0 Å². The summed E-state index contributed by atoms with van der Waals surface area (Å²) in [7, 11) is 0. The van der Waals surface area contributed by atoms with Gasteiger partial charge in [-0.1, -0.05) is 24.3 Å². The molecule has 6 rings (SSSR count). The highest BCUT2D eigenvalue weighted by atomic mass is 16.2. The van der Waals surface area contributed by atoms with Crippen LogP contribution in [0.1, 0.15) is 18.4 Å². The van der Waals surface area contributed by atoms with Crippen molar-refractivity contribution in [3.8, 4) is 0 Å². The molecule has 5 heteroatoms. The van der Waals surface area contributed by atoms with Crippen molar-refractivity contribution in [2.24, 2.45) is 35.5 Å². The Morgan fingerprint density at radius 2 is 1.77 bits per heavy atom. The van der Waals surface area contributed by atoms with E-state index in [-0.39, 0.29) is 54.4 Å². The molecule has 26 heavy (non-hydrogen) atoms. The standard InChI is InChI=1S/C21H22N2O3/c1-11-3-2-4-12(9-11)22-17(24)7-8-23-20(25)18-13-5-6-14(16-10-15(13)16)19(18)21(23)26/h2-6,9,13-16,18-19H,7-8,10H2,1H3,(H,22,24)/t13-,14-,15-,16-,18-,19+/m1/s1. The first-order valence-electron chi connectivity index (χ1n) is 9.44. The maximum Gasteiger partial charge on any atom is 0.233 e. The van der Waals surface area contributed by atoms with Gasteiger partial charge in [0.05, 0.1) is 11.8 Å². The van der Waals surface area contributed by atoms with E-state index in [4.69, 9.17) is 0 Å². The quantitative estimate of drug-likeness (QED) is 0.670. The Labute approximate surface area is 152 Å². The van der Waals surface area contributed by atoms with Crippen LogP contribution in [-0.2, 0) is 14.4 Å². The number of nitrogens with zero attached hydrogens (tertiary/aromatic N) is 1. The largest absolute Gasteiger partial charge is 0.326 e. The highest BCUT2D eigenvalue weighted by Crippen LogP contribution is 2.65. The Morgan fingerprint density at radius 1 is 1.12 bits per heavy atom. The van der Waals surface area contributed by atoms with Crippen molar-refractivity contribution in [3.05, 3.63) is 42.0 Å². The minimum absolute atomic E-state index is 0.0620. The molecule has 0 aromatic heterocycles. The maximum absolute atomic E-state index is 12.9. The lowest BCUT2D eigenvalue weighted by atomic mass is 9.63. The molecule has 6 atom stereocenters. The molecule has 5 aliphatic rings. The average molecular weight is 350 g/mol. The van der Waals surface area contributed by atoms with Crippen LogP contribution in [0.2, 0.25) is 0 Å². The Bertz CT molecular complexity index is 809. The van der Waals surface area contributed by atoms with E-state index < -0.39 is 0 Å². The van der Waals surface area contributed by atoms with Crippen LogP contribution in [0.4, 0.5) is 5.69 Å². The van der Waals surface area contributed by atoms with E-state index in [0.29, 0.717) is 11.8 Å². The third-order valence-electron chi connectivity index (χ3n) is 6.62. The van der Waals surface area contributed by atoms with Gasteiger partial charge in [-0.15, -0.1) is 0 Å². The Kier molecular flexibility index (Phi) is 3.36. The number of aryl methyl sites for hydroxylation is 1. The molecule has 134 valence electrons. The van der Waals surface area contributed by atoms with Gasteiger partial charge in [-0.05, 0) is 54.7 Å². The lowest BCUT2D eigenvalue weighted by molar-refractivity contribution is -0.140. The van der Waals surface area contributed by atoms with E-state index in [1.807, 2.05) is 31.2 Å². The Hall–Kier alpha value is -2.43. The van der Waals surface area contributed by atoms with Gasteiger partial charge in [0.15, 0.2) is 0 Å². The first kappa shape index (κ1) is 15.8. The molecule has 2 saturated carbocycles. The minimum Gasteiger partial charge on any atom is -0.326 e. The highest BCUT2D eigenvalue weighted by Gasteiger charge is 2.66. The van der Waals surface area contributed by atoms with Gasteiger partial charge in [-0.25, -0.2) is 0 Å². The van der Waals surface area contributed by atoms with Gasteiger partial charge in [0, 0.05) is 18.7 Å². The minimum atomic E-state index is -0.180. The zero-order chi connectivity index (χ0) is 18.0. The summed E-state index contributed by atoms with van der Waals surface area (Å²) in [5.74, 6) is 1.02. The summed E-state index contributed by atoms with van der Waals surface area (Å²) in [6.45, 7) is 2.14. The van der Waals surface area contributed by atoms with Crippen molar-refractivity contribution < 1.29 is 14.4 Å². The van der Waals surface area contributed by atoms with Gasteiger partial charge in [0.1, 0.15) is 0 Å². The summed E-state index contributed by atoms with van der Waals surface area (Å²) in [6.07, 6.45) is 5.63. The summed E-state index contributed by atoms with van der Waals surface area (Å²) in [4.78, 5) is 39.3. The molecule has 1 aromatic carbocycles. The maximum atomic E-state index is 12.9. The molecule has 0 spiro atoms. The number of benzene rings is 1. The normalized spacial score (nSPS) is 36.1. The number of carbonyl (C=O) groups is 3. The molecular formula is C21H22N2O3. The summed E-state index contributed by atoms with van der Waals surface area (Å²) in [5, 5.41) is 2.84. The fraction of sp³-hybridized carbons (Fsp3) is 0.476. The predicted octanol–water partition coefficient (Wildman–Crippen LogP) is 2.38. The van der Waals surface area contributed by atoms with Crippen molar-refractivity contribution in [1.82, 2.24) is 4.90 Å². The van der Waals surface area contributed by atoms with Crippen LogP contribution in [0.25, 0.3) is 0 Å². The van der Waals surface area contributed by atoms with Crippen molar-refractivity contribution in [3.63, 3.8) is 0 Å². The molecule has 5 nitrogen and oxygen atoms in total. The van der Waals surface area contributed by atoms with Crippen LogP contribution in [0.3, 0.4) is 0 Å². The predicted molar refractivity (Wildman–Crippen MR) is 95.8 cm³/mol. The topological polar surface area (TPSA) is 66.5 Å². The Balaban J connectivity index is 1.25. The third kappa shape index (κ3) is 2.26. The molecule has 1 aromatic rings. The van der Waals surface area contributed by atoms with Crippen LogP contribution >= 0.6 is 0 Å². The van der Waals surface area contributed by atoms with Gasteiger partial charge in [0.25, 0.3) is 0 Å². The lowest BCUT2D eigenvalue weighted by Crippen LogP contribution is -2.40. The van der Waals surface area contributed by atoms with Crippen molar-refractivity contribution >= 4 is 23.4 Å². The number of allylic oxidation sites excluding steroid dienone is 2. The first-order chi connectivity index (χ1) is 12.5. The molecule has 0 radical (unpaired) electrons. The number of hydrogen-bond acceptors (Lipinski definition) is 3. The van der Waals surface area contributed by atoms with Crippen LogP contribution in [-0.4, -0.2) is 29.2 Å². The van der Waals surface area contributed by atoms with Gasteiger partial charge in [-0.2, -0.15) is 0 Å². The fourth-order valence-corrected chi connectivity index (χ4v) is 5.40. The molecule has 3 amide bonds. The number of hydrogen-bond donors (Lipinski definition) is 1. The molecule has 1 heterocycles. The van der Waals surface area contributed by atoms with Gasteiger partial charge in [0.2, 0.25) is 17.7 Å². The van der Waals surface area contributed by atoms with Crippen molar-refractivity contribution in [2.75, 3.05) is 11.9 Å². The van der Waals surface area contributed by atoms with E-state index in [1.165, 1.54) is 4.90 Å². The molecule has 1 N–H and O–H groups in total. The SMILES string of the molecule is Cc1cccc(NC(=O)CCN2C(=O)[C@@H]3[C@@H]4C=C[C@H]([C@H]5C[C@H]45)[C@@H]3C2=O)c1. The zero-order valence-electron chi connectivity index (χ0n) is 14.7. The van der Waals surface area contributed by atoms with Gasteiger partial charge >= 0.3 is 0 Å². The molecule has 0 unspecified atom stereocenters. The Morgan fingerprint density at radius 3 is 2.38 bits per heavy atom. The number of nitrogens with one attached hydrogen (secondary N) is 1. The molecule has 3 fully saturated rings. The fourth-order valence-electron chi connectivity index (χ4n) is 5.40. The number of likely N-dealkylation sites (tertiary alicyclic amines) is 1. The second kappa shape index (κ2) is 5.53. The van der Waals surface area contributed by atoms with Crippen molar-refractivity contribution in [1.29, 1.82) is 0 Å². The number of carbonyl (C=O) groups excluding carboxylic acids is 3. The number of imide groups is 1. The van der Waals surface area contributed by atoms with E-state index in [2.05, 4.69) is 17.5 Å². The smallest absolute Gasteiger partial charge is 0.233 e. The molecular weight excluding hydrogens is 328 g/mol. The van der Waals surface area contributed by atoms with Crippen LogP contribution < -0.4 is 5.32 Å². The van der Waals surface area contributed by atoms with Gasteiger partial charge in [-0.3, -0.25) is 19.3 Å². The van der Waals surface area contributed by atoms with Crippen LogP contribution in [0.5, 0.6) is 0 Å². The zero-order valence-corrected chi connectivity index (χ0v) is 14.7. The molecule has 1 saturated heterocycles. The summed E-state index contributed by atoms with van der Waals surface area (Å²) in [6, 6.07) is 7.58. The van der Waals surface area contributed by atoms with Gasteiger partial charge < -0.3 is 5.32 Å². The number of anilines is 1. The highest BCUT2D eigenvalue weighted by molar-refractivity contribution is 6.06. The molecule has 4 aliphatic carbocycles. The van der Waals surface area contributed by atoms with E-state index in [9.17, 15) is 14.4 Å². The van der Waals surface area contributed by atoms with E-state index in [0.717, 1.165) is 17.7 Å².